The van der Waals surface area contributed by atoms with Crippen molar-refractivity contribution >= 4 is 0 Å². The minimum Gasteiger partial charge on any atom is -0.338 e. The van der Waals surface area contributed by atoms with E-state index in [1.165, 1.54) is 11.3 Å². The Kier molecular flexibility index (Phi) is 4.33. The number of nitrogens with zero attached hydrogens (tertiary/aromatic N) is 5. The molecule has 0 aliphatic carbocycles. The zero-order valence-corrected chi connectivity index (χ0v) is 14.6. The molecule has 0 amide bonds. The highest BCUT2D eigenvalue weighted by Gasteiger charge is 2.15. The molecule has 1 aliphatic rings. The molecule has 0 bridgehead atoms. The second kappa shape index (κ2) is 6.78. The van der Waals surface area contributed by atoms with Gasteiger partial charge in [-0.25, -0.2) is 0 Å². The molecule has 3 aromatic rings. The summed E-state index contributed by atoms with van der Waals surface area (Å²) in [5, 5.41) is 12.1. The minimum atomic E-state index is 0.596. The molecule has 0 fully saturated rings. The second-order valence-corrected chi connectivity index (χ2v) is 6.58. The Labute approximate surface area is 146 Å². The second-order valence-electron chi connectivity index (χ2n) is 6.58. The van der Waals surface area contributed by atoms with Gasteiger partial charge in [-0.05, 0) is 26.1 Å². The monoisotopic (exact) mass is 338 g/mol. The Bertz CT molecular complexity index is 845. The van der Waals surface area contributed by atoms with Crippen molar-refractivity contribution in [2.45, 2.75) is 33.1 Å². The number of rotatable bonds is 5. The molecular formula is C18H22N6O. The summed E-state index contributed by atoms with van der Waals surface area (Å²) in [6, 6.07) is 10.3. The first-order chi connectivity index (χ1) is 12.2. The van der Waals surface area contributed by atoms with Gasteiger partial charge in [0.15, 0.2) is 0 Å². The van der Waals surface area contributed by atoms with Gasteiger partial charge in [-0.15, -0.1) is 0 Å². The summed E-state index contributed by atoms with van der Waals surface area (Å²) in [6.45, 7) is 6.20. The van der Waals surface area contributed by atoms with Gasteiger partial charge in [0.05, 0.1) is 24.5 Å². The number of nitrogens with one attached hydrogen (secondary N) is 1. The van der Waals surface area contributed by atoms with Crippen LogP contribution in [0.15, 0.2) is 34.9 Å². The Balaban J connectivity index is 1.41. The number of benzene rings is 1. The van der Waals surface area contributed by atoms with Gasteiger partial charge in [0, 0.05) is 25.2 Å². The predicted octanol–water partition coefficient (Wildman–Crippen LogP) is 1.98. The Hall–Kier alpha value is -2.51. The van der Waals surface area contributed by atoms with Crippen molar-refractivity contribution in [2.75, 3.05) is 13.6 Å². The zero-order chi connectivity index (χ0) is 17.2. The van der Waals surface area contributed by atoms with Crippen LogP contribution in [0.3, 0.4) is 0 Å². The minimum absolute atomic E-state index is 0.596. The summed E-state index contributed by atoms with van der Waals surface area (Å²) in [6.07, 6.45) is 0. The lowest BCUT2D eigenvalue weighted by atomic mass is 10.1. The van der Waals surface area contributed by atoms with E-state index in [4.69, 9.17) is 4.52 Å². The van der Waals surface area contributed by atoms with Crippen LogP contribution in [0.25, 0.3) is 11.4 Å². The first kappa shape index (κ1) is 16.0. The van der Waals surface area contributed by atoms with E-state index in [9.17, 15) is 0 Å². The van der Waals surface area contributed by atoms with Crippen LogP contribution < -0.4 is 5.32 Å². The molecule has 25 heavy (non-hydrogen) atoms. The maximum absolute atomic E-state index is 5.41. The Morgan fingerprint density at radius 1 is 1.28 bits per heavy atom. The van der Waals surface area contributed by atoms with E-state index in [1.54, 1.807) is 0 Å². The first-order valence-electron chi connectivity index (χ1n) is 8.52. The van der Waals surface area contributed by atoms with E-state index < -0.39 is 0 Å². The zero-order valence-electron chi connectivity index (χ0n) is 14.6. The third-order valence-corrected chi connectivity index (χ3v) is 4.30. The van der Waals surface area contributed by atoms with Crippen molar-refractivity contribution < 1.29 is 4.52 Å². The smallest absolute Gasteiger partial charge is 0.241 e. The van der Waals surface area contributed by atoms with E-state index >= 15 is 0 Å². The topological polar surface area (TPSA) is 72.0 Å². The van der Waals surface area contributed by atoms with Crippen molar-refractivity contribution in [1.29, 1.82) is 0 Å². The van der Waals surface area contributed by atoms with Crippen molar-refractivity contribution in [1.82, 2.24) is 30.1 Å². The molecule has 0 unspecified atom stereocenters. The van der Waals surface area contributed by atoms with Gasteiger partial charge in [0.1, 0.15) is 0 Å². The summed E-state index contributed by atoms with van der Waals surface area (Å²) < 4.78 is 7.50. The molecule has 3 heterocycles. The molecule has 0 radical (unpaired) electrons. The van der Waals surface area contributed by atoms with Crippen LogP contribution in [0.4, 0.5) is 0 Å². The van der Waals surface area contributed by atoms with Crippen molar-refractivity contribution in [2.24, 2.45) is 0 Å². The van der Waals surface area contributed by atoms with E-state index in [2.05, 4.69) is 55.3 Å². The maximum Gasteiger partial charge on any atom is 0.241 e. The van der Waals surface area contributed by atoms with Crippen LogP contribution in [0.5, 0.6) is 0 Å². The van der Waals surface area contributed by atoms with Crippen LogP contribution >= 0.6 is 0 Å². The highest BCUT2D eigenvalue weighted by Crippen LogP contribution is 2.18. The Morgan fingerprint density at radius 3 is 3.04 bits per heavy atom. The molecule has 7 nitrogen and oxygen atoms in total. The summed E-state index contributed by atoms with van der Waals surface area (Å²) in [5.41, 5.74) is 4.47. The molecule has 0 atom stereocenters. The van der Waals surface area contributed by atoms with Gasteiger partial charge < -0.3 is 9.84 Å². The third kappa shape index (κ3) is 3.62. The third-order valence-electron chi connectivity index (χ3n) is 4.30. The van der Waals surface area contributed by atoms with Gasteiger partial charge in [0.2, 0.25) is 11.7 Å². The molecule has 0 saturated heterocycles. The number of hydrogen-bond acceptors (Lipinski definition) is 6. The van der Waals surface area contributed by atoms with Crippen LogP contribution in [0.2, 0.25) is 0 Å². The standard InChI is InChI=1S/C18H22N6O/c1-13-4-3-5-14(8-13)18-20-17(25-22-18)12-23(2)11-15-9-16-10-19-6-7-24(16)21-15/h3-5,8-9,19H,6-7,10-12H2,1-2H3. The van der Waals surface area contributed by atoms with Crippen molar-refractivity contribution in [3.05, 3.63) is 53.2 Å². The molecule has 2 aromatic heterocycles. The average Bonchev–Trinajstić information content (AvgIpc) is 3.21. The fraction of sp³-hybridized carbons (Fsp3) is 0.389. The molecule has 7 heteroatoms. The van der Waals surface area contributed by atoms with Crippen LogP contribution in [-0.2, 0) is 26.2 Å². The van der Waals surface area contributed by atoms with Gasteiger partial charge >= 0.3 is 0 Å². The molecule has 1 N–H and O–H groups in total. The van der Waals surface area contributed by atoms with E-state index in [-0.39, 0.29) is 0 Å². The van der Waals surface area contributed by atoms with Crippen molar-refractivity contribution in [3.8, 4) is 11.4 Å². The lowest BCUT2D eigenvalue weighted by molar-refractivity contribution is 0.258. The van der Waals surface area contributed by atoms with Crippen LogP contribution in [-0.4, -0.2) is 38.4 Å². The van der Waals surface area contributed by atoms with E-state index in [0.29, 0.717) is 18.3 Å². The quantitative estimate of drug-likeness (QED) is 0.767. The Morgan fingerprint density at radius 2 is 2.20 bits per heavy atom. The molecule has 4 rings (SSSR count). The summed E-state index contributed by atoms with van der Waals surface area (Å²) in [5.74, 6) is 1.25. The predicted molar refractivity (Wildman–Crippen MR) is 93.6 cm³/mol. The van der Waals surface area contributed by atoms with Gasteiger partial charge in [0.25, 0.3) is 0 Å². The molecule has 130 valence electrons. The van der Waals surface area contributed by atoms with Gasteiger partial charge in [-0.3, -0.25) is 9.58 Å². The lowest BCUT2D eigenvalue weighted by Crippen LogP contribution is -2.28. The molecule has 0 saturated carbocycles. The van der Waals surface area contributed by atoms with Gasteiger partial charge in [-0.2, -0.15) is 10.1 Å². The highest BCUT2D eigenvalue weighted by molar-refractivity contribution is 5.55. The number of hydrogen-bond donors (Lipinski definition) is 1. The highest BCUT2D eigenvalue weighted by atomic mass is 16.5. The van der Waals surface area contributed by atoms with Gasteiger partial charge in [-0.1, -0.05) is 28.9 Å². The maximum atomic E-state index is 5.41. The number of aromatic nitrogens is 4. The fourth-order valence-electron chi connectivity index (χ4n) is 3.11. The normalized spacial score (nSPS) is 14.0. The lowest BCUT2D eigenvalue weighted by Gasteiger charge is -2.13. The van der Waals surface area contributed by atoms with Crippen LogP contribution in [0, 0.1) is 6.92 Å². The average molecular weight is 338 g/mol. The molecular weight excluding hydrogens is 316 g/mol. The van der Waals surface area contributed by atoms with E-state index in [0.717, 1.165) is 37.4 Å². The van der Waals surface area contributed by atoms with E-state index in [1.807, 2.05) is 19.2 Å². The summed E-state index contributed by atoms with van der Waals surface area (Å²) >= 11 is 0. The molecule has 0 spiro atoms. The summed E-state index contributed by atoms with van der Waals surface area (Å²) in [7, 11) is 2.03. The SMILES string of the molecule is Cc1cccc(-c2noc(CN(C)Cc3cc4n(n3)CCNC4)n2)c1. The molecule has 1 aromatic carbocycles. The first-order valence-corrected chi connectivity index (χ1v) is 8.52. The summed E-state index contributed by atoms with van der Waals surface area (Å²) in [4.78, 5) is 6.65. The number of fused-ring (bicyclic) bond motifs is 1. The fourth-order valence-corrected chi connectivity index (χ4v) is 3.11. The van der Waals surface area contributed by atoms with Crippen molar-refractivity contribution in [3.63, 3.8) is 0 Å². The largest absolute Gasteiger partial charge is 0.338 e. The van der Waals surface area contributed by atoms with Crippen LogP contribution in [0.1, 0.15) is 22.8 Å². The number of aryl methyl sites for hydroxylation is 1. The molecule has 1 aliphatic heterocycles.